The molecule has 2 aromatic rings. The molecule has 2 aromatic carbocycles. The Bertz CT molecular complexity index is 760. The first kappa shape index (κ1) is 20.4. The zero-order valence-electron chi connectivity index (χ0n) is 14.7. The lowest BCUT2D eigenvalue weighted by Crippen LogP contribution is -2.30. The van der Waals surface area contributed by atoms with Gasteiger partial charge >= 0.3 is 0 Å². The third-order valence-electron chi connectivity index (χ3n) is 4.93. The molecular formula is C20H25Cl2N3O. The molecule has 0 atom stereocenters. The van der Waals surface area contributed by atoms with Crippen molar-refractivity contribution < 1.29 is 4.79 Å². The van der Waals surface area contributed by atoms with E-state index in [1.54, 1.807) is 0 Å². The van der Waals surface area contributed by atoms with Crippen LogP contribution in [0.3, 0.4) is 0 Å². The summed E-state index contributed by atoms with van der Waals surface area (Å²) >= 11 is 0. The van der Waals surface area contributed by atoms with Crippen molar-refractivity contribution in [2.45, 2.75) is 25.7 Å². The van der Waals surface area contributed by atoms with Crippen LogP contribution in [0.5, 0.6) is 0 Å². The quantitative estimate of drug-likeness (QED) is 0.790. The van der Waals surface area contributed by atoms with Gasteiger partial charge in [-0.15, -0.1) is 24.8 Å². The van der Waals surface area contributed by atoms with Crippen LogP contribution in [0.1, 0.15) is 35.2 Å². The van der Waals surface area contributed by atoms with Gasteiger partial charge in [-0.05, 0) is 61.6 Å². The molecule has 2 aliphatic heterocycles. The van der Waals surface area contributed by atoms with Gasteiger partial charge in [0.2, 0.25) is 0 Å². The summed E-state index contributed by atoms with van der Waals surface area (Å²) in [6.07, 6.45) is 4.73. The van der Waals surface area contributed by atoms with E-state index in [1.165, 1.54) is 24.8 Å². The lowest BCUT2D eigenvalue weighted by molar-refractivity contribution is 0.102. The van der Waals surface area contributed by atoms with E-state index in [0.717, 1.165) is 48.7 Å². The number of rotatable bonds is 3. The molecule has 0 bridgehead atoms. The predicted octanol–water partition coefficient (Wildman–Crippen LogP) is 4.74. The molecule has 140 valence electrons. The topological polar surface area (TPSA) is 44.4 Å². The Hall–Kier alpha value is -1.91. The normalized spacial score (nSPS) is 15.2. The lowest BCUT2D eigenvalue weighted by Gasteiger charge is -2.30. The highest BCUT2D eigenvalue weighted by atomic mass is 35.5. The van der Waals surface area contributed by atoms with Gasteiger partial charge in [-0.25, -0.2) is 0 Å². The van der Waals surface area contributed by atoms with E-state index in [0.29, 0.717) is 0 Å². The van der Waals surface area contributed by atoms with Gasteiger partial charge in [0, 0.05) is 30.9 Å². The second-order valence-electron chi connectivity index (χ2n) is 6.57. The van der Waals surface area contributed by atoms with Gasteiger partial charge in [-0.1, -0.05) is 12.1 Å². The van der Waals surface area contributed by atoms with E-state index in [-0.39, 0.29) is 30.7 Å². The number of carbonyl (C=O) groups excluding carboxylic acids is 1. The smallest absolute Gasteiger partial charge is 0.255 e. The number of carbonyl (C=O) groups is 1. The van der Waals surface area contributed by atoms with Crippen LogP contribution in [0.25, 0.3) is 0 Å². The lowest BCUT2D eigenvalue weighted by atomic mass is 10.1. The summed E-state index contributed by atoms with van der Waals surface area (Å²) in [7, 11) is 0. The standard InChI is InChI=1S/C20H23N3O.2ClH/c24-20(16-8-9-17-15(14-16)10-11-21-17)22-18-6-2-3-7-19(18)23-12-4-1-5-13-23;;/h2-3,6-9,14,21H,1,4-5,10-13H2,(H,22,24);2*1H. The average molecular weight is 394 g/mol. The minimum atomic E-state index is -0.0332. The summed E-state index contributed by atoms with van der Waals surface area (Å²) < 4.78 is 0. The summed E-state index contributed by atoms with van der Waals surface area (Å²) in [5.41, 5.74) is 5.15. The molecule has 26 heavy (non-hydrogen) atoms. The maximum Gasteiger partial charge on any atom is 0.255 e. The number of nitrogens with one attached hydrogen (secondary N) is 2. The van der Waals surface area contributed by atoms with E-state index in [2.05, 4.69) is 21.6 Å². The minimum absolute atomic E-state index is 0. The zero-order valence-corrected chi connectivity index (χ0v) is 16.3. The number of amides is 1. The molecule has 4 rings (SSSR count). The van der Waals surface area contributed by atoms with Gasteiger partial charge in [-0.2, -0.15) is 0 Å². The molecule has 0 unspecified atom stereocenters. The Morgan fingerprint density at radius 1 is 1.00 bits per heavy atom. The third-order valence-corrected chi connectivity index (χ3v) is 4.93. The van der Waals surface area contributed by atoms with E-state index < -0.39 is 0 Å². The van der Waals surface area contributed by atoms with Crippen molar-refractivity contribution in [2.24, 2.45) is 0 Å². The Morgan fingerprint density at radius 3 is 2.58 bits per heavy atom. The Kier molecular flexibility index (Phi) is 7.18. The number of halogens is 2. The van der Waals surface area contributed by atoms with Crippen LogP contribution in [0.15, 0.2) is 42.5 Å². The van der Waals surface area contributed by atoms with Crippen LogP contribution in [0.2, 0.25) is 0 Å². The SMILES string of the molecule is Cl.Cl.O=C(Nc1ccccc1N1CCCCC1)c1ccc2c(c1)CCN2. The highest BCUT2D eigenvalue weighted by molar-refractivity contribution is 6.06. The molecule has 1 saturated heterocycles. The number of hydrogen-bond donors (Lipinski definition) is 2. The third kappa shape index (κ3) is 4.25. The van der Waals surface area contributed by atoms with Crippen molar-refractivity contribution in [3.05, 3.63) is 53.6 Å². The largest absolute Gasteiger partial charge is 0.384 e. The monoisotopic (exact) mass is 393 g/mol. The number of hydrogen-bond acceptors (Lipinski definition) is 3. The zero-order chi connectivity index (χ0) is 16.4. The van der Waals surface area contributed by atoms with Crippen molar-refractivity contribution in [3.8, 4) is 0 Å². The summed E-state index contributed by atoms with van der Waals surface area (Å²) in [6.45, 7) is 3.09. The molecule has 0 aromatic heterocycles. The molecule has 2 aliphatic rings. The maximum absolute atomic E-state index is 12.7. The van der Waals surface area contributed by atoms with Crippen molar-refractivity contribution in [3.63, 3.8) is 0 Å². The predicted molar refractivity (Wildman–Crippen MR) is 114 cm³/mol. The molecule has 0 aliphatic carbocycles. The summed E-state index contributed by atoms with van der Waals surface area (Å²) in [5, 5.41) is 6.44. The Labute approximate surface area is 167 Å². The molecule has 0 spiro atoms. The fourth-order valence-corrected chi connectivity index (χ4v) is 3.63. The van der Waals surface area contributed by atoms with E-state index in [1.807, 2.05) is 36.4 Å². The second-order valence-corrected chi connectivity index (χ2v) is 6.57. The molecule has 6 heteroatoms. The number of para-hydroxylation sites is 2. The van der Waals surface area contributed by atoms with Gasteiger partial charge in [0.25, 0.3) is 5.91 Å². The van der Waals surface area contributed by atoms with Gasteiger partial charge in [-0.3, -0.25) is 4.79 Å². The van der Waals surface area contributed by atoms with Gasteiger partial charge in [0.15, 0.2) is 0 Å². The highest BCUT2D eigenvalue weighted by Crippen LogP contribution is 2.29. The molecule has 1 amide bonds. The number of anilines is 3. The number of benzene rings is 2. The summed E-state index contributed by atoms with van der Waals surface area (Å²) in [4.78, 5) is 15.1. The molecule has 0 radical (unpaired) electrons. The fourth-order valence-electron chi connectivity index (χ4n) is 3.63. The van der Waals surface area contributed by atoms with Crippen LogP contribution >= 0.6 is 24.8 Å². The van der Waals surface area contributed by atoms with E-state index >= 15 is 0 Å². The van der Waals surface area contributed by atoms with E-state index in [9.17, 15) is 4.79 Å². The first-order valence-electron chi connectivity index (χ1n) is 8.83. The van der Waals surface area contributed by atoms with Crippen molar-refractivity contribution in [1.29, 1.82) is 0 Å². The number of nitrogens with zero attached hydrogens (tertiary/aromatic N) is 1. The van der Waals surface area contributed by atoms with Crippen LogP contribution in [-0.4, -0.2) is 25.5 Å². The van der Waals surface area contributed by atoms with Crippen molar-refractivity contribution in [2.75, 3.05) is 35.2 Å². The van der Waals surface area contributed by atoms with Crippen LogP contribution in [0.4, 0.5) is 17.1 Å². The van der Waals surface area contributed by atoms with Crippen LogP contribution in [-0.2, 0) is 6.42 Å². The molecule has 1 fully saturated rings. The van der Waals surface area contributed by atoms with Crippen molar-refractivity contribution >= 4 is 47.8 Å². The highest BCUT2D eigenvalue weighted by Gasteiger charge is 2.17. The second kappa shape index (κ2) is 9.15. The first-order valence-corrected chi connectivity index (χ1v) is 8.83. The number of fused-ring (bicyclic) bond motifs is 1. The summed E-state index contributed by atoms with van der Waals surface area (Å²) in [6, 6.07) is 14.0. The maximum atomic E-state index is 12.7. The average Bonchev–Trinajstić information content (AvgIpc) is 3.10. The molecule has 0 saturated carbocycles. The molecular weight excluding hydrogens is 369 g/mol. The summed E-state index contributed by atoms with van der Waals surface area (Å²) in [5.74, 6) is -0.0332. The van der Waals surface area contributed by atoms with Gasteiger partial charge in [0.05, 0.1) is 11.4 Å². The van der Waals surface area contributed by atoms with Crippen LogP contribution in [0, 0.1) is 0 Å². The van der Waals surface area contributed by atoms with Gasteiger partial charge in [0.1, 0.15) is 0 Å². The minimum Gasteiger partial charge on any atom is -0.384 e. The first-order chi connectivity index (χ1) is 11.8. The van der Waals surface area contributed by atoms with Crippen molar-refractivity contribution in [1.82, 2.24) is 0 Å². The van der Waals surface area contributed by atoms with E-state index in [4.69, 9.17) is 0 Å². The Morgan fingerprint density at radius 2 is 1.77 bits per heavy atom. The Balaban J connectivity index is 0.00000121. The van der Waals surface area contributed by atoms with Crippen LogP contribution < -0.4 is 15.5 Å². The fraction of sp³-hybridized carbons (Fsp3) is 0.350. The number of piperidine rings is 1. The molecule has 2 heterocycles. The molecule has 2 N–H and O–H groups in total. The van der Waals surface area contributed by atoms with Gasteiger partial charge < -0.3 is 15.5 Å². The molecule has 4 nitrogen and oxygen atoms in total.